The van der Waals surface area contributed by atoms with Crippen LogP contribution in [-0.2, 0) is 9.84 Å². The fraction of sp³-hybridized carbons (Fsp3) is 0.444. The van der Waals surface area contributed by atoms with E-state index in [4.69, 9.17) is 0 Å². The number of aromatic nitrogens is 1. The molecule has 5 heteroatoms. The number of hydrogen-bond acceptors (Lipinski definition) is 3. The maximum absolute atomic E-state index is 11.2. The summed E-state index contributed by atoms with van der Waals surface area (Å²) in [5, 5.41) is 0. The molecule has 4 nitrogen and oxygen atoms in total. The summed E-state index contributed by atoms with van der Waals surface area (Å²) < 4.78 is 24.2. The second-order valence-corrected chi connectivity index (χ2v) is 5.74. The molecule has 1 atom stereocenters. The first-order valence-electron chi connectivity index (χ1n) is 4.45. The van der Waals surface area contributed by atoms with E-state index in [1.807, 2.05) is 0 Å². The zero-order valence-electron chi connectivity index (χ0n) is 7.59. The van der Waals surface area contributed by atoms with Gasteiger partial charge in [-0.05, 0) is 18.6 Å². The zero-order valence-corrected chi connectivity index (χ0v) is 8.40. The van der Waals surface area contributed by atoms with Gasteiger partial charge >= 0.3 is 0 Å². The van der Waals surface area contributed by atoms with Crippen LogP contribution in [0, 0.1) is 0 Å². The molecule has 0 radical (unpaired) electrons. The molecule has 2 rings (SSSR count). The smallest absolute Gasteiger partial charge is 0.166 e. The lowest BCUT2D eigenvalue weighted by molar-refractivity contribution is 0.111. The van der Waals surface area contributed by atoms with E-state index in [1.54, 1.807) is 22.9 Å². The van der Waals surface area contributed by atoms with E-state index in [9.17, 15) is 13.2 Å². The fourth-order valence-electron chi connectivity index (χ4n) is 1.83. The van der Waals surface area contributed by atoms with Crippen molar-refractivity contribution in [3.05, 3.63) is 24.0 Å². The second-order valence-electron chi connectivity index (χ2n) is 3.52. The quantitative estimate of drug-likeness (QED) is 0.678. The second kappa shape index (κ2) is 3.24. The molecule has 0 saturated carbocycles. The minimum atomic E-state index is -2.88. The van der Waals surface area contributed by atoms with Crippen molar-refractivity contribution in [1.82, 2.24) is 4.57 Å². The van der Waals surface area contributed by atoms with Gasteiger partial charge in [0, 0.05) is 12.2 Å². The topological polar surface area (TPSA) is 56.1 Å². The van der Waals surface area contributed by atoms with Crippen molar-refractivity contribution in [3.63, 3.8) is 0 Å². The summed E-state index contributed by atoms with van der Waals surface area (Å²) in [6.45, 7) is 0. The summed E-state index contributed by atoms with van der Waals surface area (Å²) in [5.41, 5.74) is 0.548. The summed E-state index contributed by atoms with van der Waals surface area (Å²) in [5.74, 6) is 0.386. The van der Waals surface area contributed by atoms with Gasteiger partial charge in [0.15, 0.2) is 16.1 Å². The Kier molecular flexibility index (Phi) is 2.19. The van der Waals surface area contributed by atoms with Gasteiger partial charge in [-0.15, -0.1) is 0 Å². The van der Waals surface area contributed by atoms with Crippen LogP contribution in [0.5, 0.6) is 0 Å². The van der Waals surface area contributed by atoms with Crippen molar-refractivity contribution in [2.45, 2.75) is 12.5 Å². The SMILES string of the molecule is O=Cc1cccn1C1CCS(=O)(=O)C1. The van der Waals surface area contributed by atoms with Crippen molar-refractivity contribution in [1.29, 1.82) is 0 Å². The van der Waals surface area contributed by atoms with Crippen molar-refractivity contribution < 1.29 is 13.2 Å². The molecule has 76 valence electrons. The lowest BCUT2D eigenvalue weighted by Gasteiger charge is -2.11. The molecule has 1 saturated heterocycles. The Balaban J connectivity index is 2.29. The Labute approximate surface area is 82.5 Å². The predicted octanol–water partition coefficient (Wildman–Crippen LogP) is 0.660. The van der Waals surface area contributed by atoms with Gasteiger partial charge in [-0.3, -0.25) is 4.79 Å². The highest BCUT2D eigenvalue weighted by atomic mass is 32.2. The van der Waals surface area contributed by atoms with E-state index in [0.717, 1.165) is 6.29 Å². The summed E-state index contributed by atoms with van der Waals surface area (Å²) >= 11 is 0. The number of nitrogens with zero attached hydrogens (tertiary/aromatic N) is 1. The Morgan fingerprint density at radius 2 is 2.29 bits per heavy atom. The third kappa shape index (κ3) is 1.59. The predicted molar refractivity (Wildman–Crippen MR) is 52.1 cm³/mol. The van der Waals surface area contributed by atoms with Crippen LogP contribution in [0.15, 0.2) is 18.3 Å². The molecule has 2 heterocycles. The standard InChI is InChI=1S/C9H11NO3S/c11-6-8-2-1-4-10(8)9-3-5-14(12,13)7-9/h1-2,4,6,9H,3,5,7H2. The molecule has 1 aliphatic rings. The molecule has 0 aliphatic carbocycles. The third-order valence-electron chi connectivity index (χ3n) is 2.53. The molecule has 0 bridgehead atoms. The van der Waals surface area contributed by atoms with Crippen LogP contribution in [0.3, 0.4) is 0 Å². The minimum Gasteiger partial charge on any atom is -0.341 e. The highest BCUT2D eigenvalue weighted by molar-refractivity contribution is 7.91. The molecule has 14 heavy (non-hydrogen) atoms. The molecule has 0 aromatic carbocycles. The lowest BCUT2D eigenvalue weighted by Crippen LogP contribution is -2.12. The van der Waals surface area contributed by atoms with Gasteiger partial charge in [-0.1, -0.05) is 0 Å². The van der Waals surface area contributed by atoms with Gasteiger partial charge < -0.3 is 4.57 Å². The van der Waals surface area contributed by atoms with Crippen molar-refractivity contribution in [3.8, 4) is 0 Å². The van der Waals surface area contributed by atoms with Crippen LogP contribution < -0.4 is 0 Å². The minimum absolute atomic E-state index is 0.0600. The normalized spacial score (nSPS) is 25.0. The average Bonchev–Trinajstić information content (AvgIpc) is 2.70. The summed E-state index contributed by atoms with van der Waals surface area (Å²) in [6, 6.07) is 3.39. The highest BCUT2D eigenvalue weighted by Gasteiger charge is 2.29. The number of sulfone groups is 1. The Morgan fingerprint density at radius 3 is 2.86 bits per heavy atom. The van der Waals surface area contributed by atoms with Gasteiger partial charge in [0.25, 0.3) is 0 Å². The van der Waals surface area contributed by atoms with Crippen molar-refractivity contribution in [2.75, 3.05) is 11.5 Å². The molecule has 0 spiro atoms. The van der Waals surface area contributed by atoms with E-state index in [2.05, 4.69) is 0 Å². The average molecular weight is 213 g/mol. The molecular weight excluding hydrogens is 202 g/mol. The number of hydrogen-bond donors (Lipinski definition) is 0. The summed E-state index contributed by atoms with van der Waals surface area (Å²) in [4.78, 5) is 10.6. The monoisotopic (exact) mass is 213 g/mol. The number of aldehydes is 1. The molecule has 1 fully saturated rings. The Hall–Kier alpha value is -1.10. The first-order chi connectivity index (χ1) is 6.62. The number of carbonyl (C=O) groups is 1. The van der Waals surface area contributed by atoms with Crippen LogP contribution in [0.4, 0.5) is 0 Å². The molecule has 0 amide bonds. The molecular formula is C9H11NO3S. The molecule has 1 aliphatic heterocycles. The first-order valence-corrected chi connectivity index (χ1v) is 6.27. The van der Waals surface area contributed by atoms with Gasteiger partial charge in [-0.2, -0.15) is 0 Å². The molecule has 1 unspecified atom stereocenters. The maximum Gasteiger partial charge on any atom is 0.166 e. The van der Waals surface area contributed by atoms with Gasteiger partial charge in [0.1, 0.15) is 0 Å². The van der Waals surface area contributed by atoms with Crippen molar-refractivity contribution in [2.24, 2.45) is 0 Å². The Morgan fingerprint density at radius 1 is 1.50 bits per heavy atom. The van der Waals surface area contributed by atoms with Crippen molar-refractivity contribution >= 4 is 16.1 Å². The fourth-order valence-corrected chi connectivity index (χ4v) is 3.55. The van der Waals surface area contributed by atoms with Crippen LogP contribution in [0.1, 0.15) is 23.0 Å². The largest absolute Gasteiger partial charge is 0.341 e. The summed E-state index contributed by atoms with van der Waals surface area (Å²) in [7, 11) is -2.88. The van der Waals surface area contributed by atoms with E-state index >= 15 is 0 Å². The third-order valence-corrected chi connectivity index (χ3v) is 4.28. The molecule has 1 aromatic rings. The lowest BCUT2D eigenvalue weighted by atomic mass is 10.2. The van der Waals surface area contributed by atoms with Crippen LogP contribution in [-0.4, -0.2) is 30.8 Å². The summed E-state index contributed by atoms with van der Waals surface area (Å²) in [6.07, 6.45) is 3.12. The molecule has 0 N–H and O–H groups in total. The van der Waals surface area contributed by atoms with E-state index in [-0.39, 0.29) is 17.5 Å². The molecule has 1 aromatic heterocycles. The van der Waals surface area contributed by atoms with E-state index in [0.29, 0.717) is 12.1 Å². The van der Waals surface area contributed by atoms with Crippen LogP contribution >= 0.6 is 0 Å². The van der Waals surface area contributed by atoms with E-state index < -0.39 is 9.84 Å². The number of rotatable bonds is 2. The first kappa shape index (κ1) is 9.45. The van der Waals surface area contributed by atoms with E-state index in [1.165, 1.54) is 0 Å². The van der Waals surface area contributed by atoms with Gasteiger partial charge in [0.2, 0.25) is 0 Å². The van der Waals surface area contributed by atoms with Crippen LogP contribution in [0.25, 0.3) is 0 Å². The highest BCUT2D eigenvalue weighted by Crippen LogP contribution is 2.24. The van der Waals surface area contributed by atoms with Gasteiger partial charge in [0.05, 0.1) is 17.2 Å². The number of carbonyl (C=O) groups excluding carboxylic acids is 1. The van der Waals surface area contributed by atoms with Gasteiger partial charge in [-0.25, -0.2) is 8.42 Å². The zero-order chi connectivity index (χ0) is 10.2. The Bertz CT molecular complexity index is 446. The maximum atomic E-state index is 11.2. The van der Waals surface area contributed by atoms with Crippen LogP contribution in [0.2, 0.25) is 0 Å².